The second-order valence-corrected chi connectivity index (χ2v) is 4.93. The van der Waals surface area contributed by atoms with E-state index < -0.39 is 6.36 Å². The lowest BCUT2D eigenvalue weighted by molar-refractivity contribution is -0.274. The Morgan fingerprint density at radius 1 is 1.04 bits per heavy atom. The molecule has 3 nitrogen and oxygen atoms in total. The third kappa shape index (κ3) is 4.25. The van der Waals surface area contributed by atoms with Gasteiger partial charge in [-0.1, -0.05) is 35.5 Å². The molecule has 0 radical (unpaired) electrons. The summed E-state index contributed by atoms with van der Waals surface area (Å²) in [6, 6.07) is 11.5. The summed E-state index contributed by atoms with van der Waals surface area (Å²) >= 11 is 0. The molecule has 0 amide bonds. The van der Waals surface area contributed by atoms with Gasteiger partial charge in [0.1, 0.15) is 12.9 Å². The summed E-state index contributed by atoms with van der Waals surface area (Å²) in [5.41, 5.74) is 4.21. The third-order valence-corrected chi connectivity index (χ3v) is 3.26. The molecule has 0 fully saturated rings. The first-order valence-corrected chi connectivity index (χ1v) is 6.86. The smallest absolute Gasteiger partial charge is 0.406 e. The van der Waals surface area contributed by atoms with Gasteiger partial charge in [-0.3, -0.25) is 0 Å². The first-order valence-electron chi connectivity index (χ1n) is 6.86. The van der Waals surface area contributed by atoms with E-state index in [9.17, 15) is 13.2 Å². The standard InChI is InChI=1S/C17H16F3NO2/c1-11-5-4-6-15(16(11)12(2)21-22-3)13-7-9-14(10-8-13)23-17(18,19)20/h4-10H,1-3H3/b21-12+. The first kappa shape index (κ1) is 16.9. The van der Waals surface area contributed by atoms with Crippen molar-refractivity contribution in [3.63, 3.8) is 0 Å². The van der Waals surface area contributed by atoms with Crippen LogP contribution >= 0.6 is 0 Å². The van der Waals surface area contributed by atoms with Gasteiger partial charge in [0.15, 0.2) is 0 Å². The SMILES string of the molecule is CO/N=C(\C)c1c(C)cccc1-c1ccc(OC(F)(F)F)cc1. The fourth-order valence-electron chi connectivity index (χ4n) is 2.41. The average Bonchev–Trinajstić information content (AvgIpc) is 2.46. The minimum Gasteiger partial charge on any atom is -0.406 e. The highest BCUT2D eigenvalue weighted by Crippen LogP contribution is 2.30. The zero-order valence-corrected chi connectivity index (χ0v) is 12.9. The van der Waals surface area contributed by atoms with Gasteiger partial charge in [0.2, 0.25) is 0 Å². The molecular weight excluding hydrogens is 307 g/mol. The van der Waals surface area contributed by atoms with Crippen molar-refractivity contribution in [1.82, 2.24) is 0 Å². The van der Waals surface area contributed by atoms with Gasteiger partial charge in [-0.15, -0.1) is 13.2 Å². The van der Waals surface area contributed by atoms with E-state index in [2.05, 4.69) is 9.89 Å². The van der Waals surface area contributed by atoms with Crippen LogP contribution in [-0.2, 0) is 4.84 Å². The average molecular weight is 323 g/mol. The summed E-state index contributed by atoms with van der Waals surface area (Å²) in [5, 5.41) is 3.95. The summed E-state index contributed by atoms with van der Waals surface area (Å²) < 4.78 is 40.6. The van der Waals surface area contributed by atoms with E-state index in [1.54, 1.807) is 12.1 Å². The van der Waals surface area contributed by atoms with E-state index in [-0.39, 0.29) is 5.75 Å². The molecule has 0 saturated carbocycles. The van der Waals surface area contributed by atoms with Crippen LogP contribution in [0.25, 0.3) is 11.1 Å². The van der Waals surface area contributed by atoms with E-state index >= 15 is 0 Å². The molecule has 0 saturated heterocycles. The normalized spacial score (nSPS) is 12.2. The van der Waals surface area contributed by atoms with E-state index in [0.29, 0.717) is 5.71 Å². The van der Waals surface area contributed by atoms with Crippen molar-refractivity contribution < 1.29 is 22.7 Å². The first-order chi connectivity index (χ1) is 10.8. The number of nitrogens with zero attached hydrogens (tertiary/aromatic N) is 1. The lowest BCUT2D eigenvalue weighted by Crippen LogP contribution is -2.16. The quantitative estimate of drug-likeness (QED) is 0.590. The van der Waals surface area contributed by atoms with Gasteiger partial charge in [0, 0.05) is 5.56 Å². The molecule has 0 aliphatic carbocycles. The molecule has 122 valence electrons. The van der Waals surface area contributed by atoms with Crippen LogP contribution in [0.1, 0.15) is 18.1 Å². The Morgan fingerprint density at radius 3 is 2.26 bits per heavy atom. The molecule has 23 heavy (non-hydrogen) atoms. The lowest BCUT2D eigenvalue weighted by atomic mass is 9.93. The lowest BCUT2D eigenvalue weighted by Gasteiger charge is -2.13. The molecule has 0 atom stereocenters. The monoisotopic (exact) mass is 323 g/mol. The van der Waals surface area contributed by atoms with E-state index in [1.165, 1.54) is 19.2 Å². The van der Waals surface area contributed by atoms with Crippen LogP contribution in [0, 0.1) is 6.92 Å². The second kappa shape index (κ2) is 6.73. The number of hydrogen-bond donors (Lipinski definition) is 0. The highest BCUT2D eigenvalue weighted by molar-refractivity contribution is 6.05. The molecule has 0 unspecified atom stereocenters. The fraction of sp³-hybridized carbons (Fsp3) is 0.235. The van der Waals surface area contributed by atoms with Gasteiger partial charge in [0.05, 0.1) is 5.71 Å². The molecule has 0 aliphatic rings. The van der Waals surface area contributed by atoms with Crippen molar-refractivity contribution in [2.24, 2.45) is 5.16 Å². The van der Waals surface area contributed by atoms with Gasteiger partial charge in [0.25, 0.3) is 0 Å². The van der Waals surface area contributed by atoms with Crippen LogP contribution in [0.5, 0.6) is 5.75 Å². The number of rotatable bonds is 4. The minimum absolute atomic E-state index is 0.252. The van der Waals surface area contributed by atoms with Crippen LogP contribution in [-0.4, -0.2) is 19.2 Å². The van der Waals surface area contributed by atoms with Crippen LogP contribution < -0.4 is 4.74 Å². The Balaban J connectivity index is 2.43. The summed E-state index contributed by atoms with van der Waals surface area (Å²) in [7, 11) is 1.46. The summed E-state index contributed by atoms with van der Waals surface area (Å²) in [6.45, 7) is 3.76. The number of oxime groups is 1. The molecule has 0 bridgehead atoms. The van der Waals surface area contributed by atoms with Crippen LogP contribution in [0.2, 0.25) is 0 Å². The Bertz CT molecular complexity index is 707. The zero-order chi connectivity index (χ0) is 17.0. The van der Waals surface area contributed by atoms with Crippen molar-refractivity contribution in [1.29, 1.82) is 0 Å². The summed E-state index contributed by atoms with van der Waals surface area (Å²) in [6.07, 6.45) is -4.70. The maximum Gasteiger partial charge on any atom is 0.573 e. The summed E-state index contributed by atoms with van der Waals surface area (Å²) in [4.78, 5) is 4.82. The molecule has 0 aliphatic heterocycles. The van der Waals surface area contributed by atoms with Crippen molar-refractivity contribution in [2.75, 3.05) is 7.11 Å². The van der Waals surface area contributed by atoms with Crippen LogP contribution in [0.4, 0.5) is 13.2 Å². The number of benzene rings is 2. The van der Waals surface area contributed by atoms with Crippen LogP contribution in [0.3, 0.4) is 0 Å². The minimum atomic E-state index is -4.70. The molecule has 0 spiro atoms. The van der Waals surface area contributed by atoms with Crippen LogP contribution in [0.15, 0.2) is 47.6 Å². The number of alkyl halides is 3. The van der Waals surface area contributed by atoms with E-state index in [4.69, 9.17) is 4.84 Å². The van der Waals surface area contributed by atoms with Gasteiger partial charge < -0.3 is 9.57 Å². The Labute approximate surface area is 132 Å². The Morgan fingerprint density at radius 2 is 1.70 bits per heavy atom. The van der Waals surface area contributed by atoms with Crippen molar-refractivity contribution >= 4 is 5.71 Å². The zero-order valence-electron chi connectivity index (χ0n) is 12.9. The predicted molar refractivity (Wildman–Crippen MR) is 82.5 cm³/mol. The van der Waals surface area contributed by atoms with Gasteiger partial charge in [-0.05, 0) is 42.7 Å². The molecule has 0 heterocycles. The molecule has 2 rings (SSSR count). The van der Waals surface area contributed by atoms with Crippen molar-refractivity contribution in [3.05, 3.63) is 53.6 Å². The highest BCUT2D eigenvalue weighted by Gasteiger charge is 2.31. The highest BCUT2D eigenvalue weighted by atomic mass is 19.4. The molecule has 6 heteroatoms. The number of halogens is 3. The number of ether oxygens (including phenoxy) is 1. The molecule has 2 aromatic rings. The predicted octanol–water partition coefficient (Wildman–Crippen LogP) is 4.93. The fourth-order valence-corrected chi connectivity index (χ4v) is 2.41. The maximum absolute atomic E-state index is 12.2. The maximum atomic E-state index is 12.2. The number of aryl methyl sites for hydroxylation is 1. The Kier molecular flexibility index (Phi) is 4.93. The third-order valence-electron chi connectivity index (χ3n) is 3.26. The molecule has 0 aromatic heterocycles. The molecule has 2 aromatic carbocycles. The van der Waals surface area contributed by atoms with Crippen molar-refractivity contribution in [3.8, 4) is 16.9 Å². The van der Waals surface area contributed by atoms with E-state index in [1.807, 2.05) is 32.0 Å². The Hall–Kier alpha value is -2.50. The second-order valence-electron chi connectivity index (χ2n) is 4.93. The van der Waals surface area contributed by atoms with Gasteiger partial charge in [-0.25, -0.2) is 0 Å². The summed E-state index contributed by atoms with van der Waals surface area (Å²) in [5.74, 6) is -0.252. The molecular formula is C17H16F3NO2. The van der Waals surface area contributed by atoms with E-state index in [0.717, 1.165) is 22.3 Å². The largest absolute Gasteiger partial charge is 0.573 e. The number of hydrogen-bond acceptors (Lipinski definition) is 3. The topological polar surface area (TPSA) is 30.8 Å². The molecule has 0 N–H and O–H groups in total. The van der Waals surface area contributed by atoms with Gasteiger partial charge in [-0.2, -0.15) is 0 Å². The van der Waals surface area contributed by atoms with Gasteiger partial charge >= 0.3 is 6.36 Å². The van der Waals surface area contributed by atoms with Crippen molar-refractivity contribution in [2.45, 2.75) is 20.2 Å².